The number of sulfonamides is 1. The number of aromatic nitrogens is 2. The Morgan fingerprint density at radius 3 is 2.35 bits per heavy atom. The van der Waals surface area contributed by atoms with Crippen molar-refractivity contribution in [1.29, 1.82) is 0 Å². The predicted molar refractivity (Wildman–Crippen MR) is 151 cm³/mol. The maximum atomic E-state index is 12.9. The summed E-state index contributed by atoms with van der Waals surface area (Å²) in [4.78, 5) is 9.32. The first-order valence-electron chi connectivity index (χ1n) is 12.3. The molecule has 0 atom stereocenters. The van der Waals surface area contributed by atoms with E-state index in [4.69, 9.17) is 10.5 Å². The lowest BCUT2D eigenvalue weighted by Gasteiger charge is -2.28. The molecule has 1 aliphatic carbocycles. The summed E-state index contributed by atoms with van der Waals surface area (Å²) < 4.78 is 34.0. The molecule has 1 aromatic heterocycles. The smallest absolute Gasteiger partial charge is 0.240 e. The molecule has 0 radical (unpaired) electrons. The van der Waals surface area contributed by atoms with Gasteiger partial charge in [-0.15, -0.1) is 12.4 Å². The van der Waals surface area contributed by atoms with Gasteiger partial charge in [0.15, 0.2) is 0 Å². The van der Waals surface area contributed by atoms with Crippen LogP contribution in [0.3, 0.4) is 0 Å². The van der Waals surface area contributed by atoms with E-state index in [0.717, 1.165) is 48.4 Å². The number of nitrogen functional groups attached to an aromatic ring is 1. The van der Waals surface area contributed by atoms with E-state index in [1.165, 1.54) is 0 Å². The number of methoxy groups -OCH3 is 1. The maximum absolute atomic E-state index is 12.9. The fourth-order valence-corrected chi connectivity index (χ4v) is 6.07. The zero-order chi connectivity index (χ0) is 25.1. The number of rotatable bonds is 8. The summed E-state index contributed by atoms with van der Waals surface area (Å²) >= 11 is 0. The monoisotopic (exact) mass is 541 g/mol. The number of anilines is 2. The highest BCUT2D eigenvalue weighted by atomic mass is 35.5. The highest BCUT2D eigenvalue weighted by Crippen LogP contribution is 2.30. The van der Waals surface area contributed by atoms with E-state index in [9.17, 15) is 8.42 Å². The summed E-state index contributed by atoms with van der Waals surface area (Å²) in [5.41, 5.74) is 6.83. The molecule has 0 saturated heterocycles. The molecule has 8 nitrogen and oxygen atoms in total. The predicted octanol–water partition coefficient (Wildman–Crippen LogP) is 4.99. The number of ether oxygens (including phenoxy) is 1. The number of nitrogens with zero attached hydrogens (tertiary/aromatic N) is 2. The number of fused-ring (bicyclic) bond motifs is 2. The van der Waals surface area contributed by atoms with E-state index in [1.807, 2.05) is 48.5 Å². The van der Waals surface area contributed by atoms with Crippen LogP contribution in [-0.2, 0) is 10.0 Å². The average Bonchev–Trinajstić information content (AvgIpc) is 2.91. The molecule has 0 unspecified atom stereocenters. The zero-order valence-electron chi connectivity index (χ0n) is 20.7. The zero-order valence-corrected chi connectivity index (χ0v) is 22.3. The Labute approximate surface area is 223 Å². The van der Waals surface area contributed by atoms with E-state index in [2.05, 4.69) is 20.0 Å². The Balaban J connectivity index is 0.00000320. The summed E-state index contributed by atoms with van der Waals surface area (Å²) in [5, 5.41) is 6.05. The van der Waals surface area contributed by atoms with Gasteiger partial charge in [-0.3, -0.25) is 0 Å². The van der Waals surface area contributed by atoms with Crippen LogP contribution in [-0.4, -0.2) is 38.6 Å². The SMILES string of the molecule is COc1cccc2c(N)nc(NCC3CCC(CNS(=O)(=O)c4ccc5ccccc5c4)CC3)nc12.Cl. The van der Waals surface area contributed by atoms with Crippen molar-refractivity contribution in [2.45, 2.75) is 30.6 Å². The minimum absolute atomic E-state index is 0. The van der Waals surface area contributed by atoms with Gasteiger partial charge in [0.1, 0.15) is 17.1 Å². The molecule has 10 heteroatoms. The van der Waals surface area contributed by atoms with Crippen molar-refractivity contribution in [2.24, 2.45) is 11.8 Å². The van der Waals surface area contributed by atoms with Crippen molar-refractivity contribution in [1.82, 2.24) is 14.7 Å². The van der Waals surface area contributed by atoms with Gasteiger partial charge in [0.25, 0.3) is 0 Å². The van der Waals surface area contributed by atoms with Gasteiger partial charge in [-0.2, -0.15) is 4.98 Å². The van der Waals surface area contributed by atoms with Crippen molar-refractivity contribution in [3.8, 4) is 5.75 Å². The van der Waals surface area contributed by atoms with Gasteiger partial charge >= 0.3 is 0 Å². The van der Waals surface area contributed by atoms with Crippen LogP contribution >= 0.6 is 12.4 Å². The van der Waals surface area contributed by atoms with Crippen LogP contribution in [0.25, 0.3) is 21.7 Å². The Morgan fingerprint density at radius 1 is 0.919 bits per heavy atom. The van der Waals surface area contributed by atoms with Crippen molar-refractivity contribution >= 4 is 55.9 Å². The van der Waals surface area contributed by atoms with Crippen LogP contribution < -0.4 is 20.5 Å². The van der Waals surface area contributed by atoms with Gasteiger partial charge in [0, 0.05) is 18.5 Å². The van der Waals surface area contributed by atoms with Gasteiger partial charge in [-0.05, 0) is 72.6 Å². The van der Waals surface area contributed by atoms with Crippen LogP contribution in [0.1, 0.15) is 25.7 Å². The van der Waals surface area contributed by atoms with Crippen LogP contribution in [0.5, 0.6) is 5.75 Å². The summed E-state index contributed by atoms with van der Waals surface area (Å²) in [6.45, 7) is 1.20. The third-order valence-corrected chi connectivity index (χ3v) is 8.47. The fraction of sp³-hybridized carbons (Fsp3) is 0.333. The molecule has 3 aromatic carbocycles. The number of halogens is 1. The minimum Gasteiger partial charge on any atom is -0.494 e. The number of hydrogen-bond acceptors (Lipinski definition) is 7. The highest BCUT2D eigenvalue weighted by Gasteiger charge is 2.24. The van der Waals surface area contributed by atoms with E-state index in [1.54, 1.807) is 19.2 Å². The second-order valence-electron chi connectivity index (χ2n) is 9.42. The normalized spacial score (nSPS) is 17.9. The van der Waals surface area contributed by atoms with Crippen LogP contribution in [0, 0.1) is 11.8 Å². The highest BCUT2D eigenvalue weighted by molar-refractivity contribution is 7.89. The van der Waals surface area contributed by atoms with Gasteiger partial charge < -0.3 is 15.8 Å². The van der Waals surface area contributed by atoms with Gasteiger partial charge in [-0.1, -0.05) is 36.4 Å². The molecule has 1 saturated carbocycles. The number of para-hydroxylation sites is 1. The number of nitrogens with two attached hydrogens (primary N) is 1. The quantitative estimate of drug-likeness (QED) is 0.287. The van der Waals surface area contributed by atoms with E-state index < -0.39 is 10.0 Å². The largest absolute Gasteiger partial charge is 0.494 e. The Hall–Kier alpha value is -3.14. The first kappa shape index (κ1) is 26.9. The first-order valence-corrected chi connectivity index (χ1v) is 13.7. The maximum Gasteiger partial charge on any atom is 0.240 e. The van der Waals surface area contributed by atoms with Crippen LogP contribution in [0.4, 0.5) is 11.8 Å². The van der Waals surface area contributed by atoms with Crippen molar-refractivity contribution < 1.29 is 13.2 Å². The summed E-state index contributed by atoms with van der Waals surface area (Å²) in [5.74, 6) is 2.37. The topological polar surface area (TPSA) is 119 Å². The van der Waals surface area contributed by atoms with Crippen molar-refractivity contribution in [3.05, 3.63) is 60.7 Å². The molecule has 4 aromatic rings. The van der Waals surface area contributed by atoms with Gasteiger partial charge in [0.2, 0.25) is 16.0 Å². The molecule has 0 spiro atoms. The molecule has 1 aliphatic rings. The van der Waals surface area contributed by atoms with Crippen LogP contribution in [0.15, 0.2) is 65.6 Å². The molecule has 0 bridgehead atoms. The minimum atomic E-state index is -3.54. The Kier molecular flexibility index (Phi) is 8.36. The number of nitrogens with one attached hydrogen (secondary N) is 2. The lowest BCUT2D eigenvalue weighted by atomic mass is 9.82. The lowest BCUT2D eigenvalue weighted by Crippen LogP contribution is -2.32. The first-order chi connectivity index (χ1) is 17.4. The third-order valence-electron chi connectivity index (χ3n) is 7.05. The molecular formula is C27H32ClN5O3S. The van der Waals surface area contributed by atoms with E-state index in [-0.39, 0.29) is 12.4 Å². The summed E-state index contributed by atoms with van der Waals surface area (Å²) in [6.07, 6.45) is 3.98. The molecule has 1 heterocycles. The second-order valence-corrected chi connectivity index (χ2v) is 11.2. The van der Waals surface area contributed by atoms with Gasteiger partial charge in [0.05, 0.1) is 12.0 Å². The average molecular weight is 542 g/mol. The summed E-state index contributed by atoms with van der Waals surface area (Å²) in [7, 11) is -1.93. The lowest BCUT2D eigenvalue weighted by molar-refractivity contribution is 0.284. The Morgan fingerprint density at radius 2 is 1.62 bits per heavy atom. The fourth-order valence-electron chi connectivity index (χ4n) is 4.91. The van der Waals surface area contributed by atoms with Crippen LogP contribution in [0.2, 0.25) is 0 Å². The molecule has 196 valence electrons. The number of hydrogen-bond donors (Lipinski definition) is 3. The van der Waals surface area contributed by atoms with Gasteiger partial charge in [-0.25, -0.2) is 18.1 Å². The number of benzene rings is 3. The van der Waals surface area contributed by atoms with E-state index in [0.29, 0.717) is 46.3 Å². The molecule has 0 amide bonds. The molecule has 37 heavy (non-hydrogen) atoms. The van der Waals surface area contributed by atoms with Crippen molar-refractivity contribution in [2.75, 3.05) is 31.2 Å². The molecule has 0 aliphatic heterocycles. The molecule has 4 N–H and O–H groups in total. The van der Waals surface area contributed by atoms with Crippen molar-refractivity contribution in [3.63, 3.8) is 0 Å². The third kappa shape index (κ3) is 6.06. The molecular weight excluding hydrogens is 510 g/mol. The standard InChI is InChI=1S/C27H31N5O3S.ClH/c1-35-24-8-4-7-23-25(24)31-27(32-26(23)28)29-16-18-9-11-19(12-10-18)17-30-36(33,34)22-14-13-20-5-2-3-6-21(20)15-22;/h2-8,13-15,18-19,30H,9-12,16-17H2,1H3,(H3,28,29,31,32);1H. The Bertz CT molecular complexity index is 1490. The second kappa shape index (κ2) is 11.5. The van der Waals surface area contributed by atoms with E-state index >= 15 is 0 Å². The summed E-state index contributed by atoms with van der Waals surface area (Å²) in [6, 6.07) is 18.6. The molecule has 5 rings (SSSR count). The molecule has 1 fully saturated rings.